The van der Waals surface area contributed by atoms with E-state index in [0.29, 0.717) is 16.7 Å². The summed E-state index contributed by atoms with van der Waals surface area (Å²) in [4.78, 5) is 12.3. The number of nitrogens with one attached hydrogen (secondary N) is 1. The number of rotatable bonds is 5. The molecule has 1 atom stereocenters. The molecule has 0 radical (unpaired) electrons. The fraction of sp³-hybridized carbons (Fsp3) is 0.286. The molecular weight excluding hydrogens is 474 g/mol. The van der Waals surface area contributed by atoms with Gasteiger partial charge in [0.1, 0.15) is 0 Å². The normalized spacial score (nSPS) is 17.4. The Morgan fingerprint density at radius 1 is 1.13 bits per heavy atom. The topological polar surface area (TPSA) is 63.2 Å². The van der Waals surface area contributed by atoms with Crippen LogP contribution in [-0.2, 0) is 9.84 Å². The fourth-order valence-electron chi connectivity index (χ4n) is 3.33. The number of sulfone groups is 1. The molecule has 0 saturated carbocycles. The summed E-state index contributed by atoms with van der Waals surface area (Å²) >= 11 is 11.7. The van der Waals surface area contributed by atoms with Crippen LogP contribution >= 0.6 is 23.2 Å². The molecule has 2 aromatic rings. The molecule has 4 nitrogen and oxygen atoms in total. The molecule has 3 rings (SSSR count). The number of hydrogen-bond acceptors (Lipinski definition) is 3. The Morgan fingerprint density at radius 3 is 2.26 bits per heavy atom. The van der Waals surface area contributed by atoms with E-state index < -0.39 is 33.9 Å². The molecular formula is C21H18Cl2F3NO3S. The van der Waals surface area contributed by atoms with Crippen LogP contribution in [0.4, 0.5) is 13.2 Å². The SMILES string of the molecule is Cc1cc(/C=C/C(c2cc(Cl)cc(Cl)c2)C(F)(F)F)ccc1C(=O)NC1CS(=O)(=O)C1. The van der Waals surface area contributed by atoms with Gasteiger partial charge in [0.25, 0.3) is 5.91 Å². The standard InChI is InChI=1S/C21H18Cl2F3NO3S/c1-12-6-13(2-4-18(12)20(28)27-17-10-31(29,30)11-17)3-5-19(21(24,25)26)14-7-15(22)9-16(23)8-14/h2-9,17,19H,10-11H2,1H3,(H,27,28)/b5-3+. The van der Waals surface area contributed by atoms with E-state index in [2.05, 4.69) is 5.32 Å². The monoisotopic (exact) mass is 491 g/mol. The number of carbonyl (C=O) groups is 1. The van der Waals surface area contributed by atoms with Crippen LogP contribution in [0.3, 0.4) is 0 Å². The minimum atomic E-state index is -4.55. The number of allylic oxidation sites excluding steroid dienone is 1. The maximum absolute atomic E-state index is 13.6. The zero-order chi connectivity index (χ0) is 23.0. The van der Waals surface area contributed by atoms with E-state index in [0.717, 1.165) is 6.08 Å². The Balaban J connectivity index is 1.79. The Kier molecular flexibility index (Phi) is 6.74. The summed E-state index contributed by atoms with van der Waals surface area (Å²) in [6.07, 6.45) is -2.22. The molecule has 0 spiro atoms. The first kappa shape index (κ1) is 23.6. The van der Waals surface area contributed by atoms with Gasteiger partial charge in [0.05, 0.1) is 23.5 Å². The molecule has 1 heterocycles. The molecule has 2 aromatic carbocycles. The molecule has 10 heteroatoms. The predicted molar refractivity (Wildman–Crippen MR) is 115 cm³/mol. The van der Waals surface area contributed by atoms with Gasteiger partial charge in [-0.1, -0.05) is 47.5 Å². The number of carbonyl (C=O) groups excluding carboxylic acids is 1. The van der Waals surface area contributed by atoms with Crippen LogP contribution < -0.4 is 5.32 Å². The van der Waals surface area contributed by atoms with Crippen molar-refractivity contribution in [3.05, 3.63) is 74.8 Å². The van der Waals surface area contributed by atoms with Crippen molar-refractivity contribution in [2.45, 2.75) is 25.1 Å². The molecule has 0 aromatic heterocycles. The van der Waals surface area contributed by atoms with Crippen LogP contribution in [-0.4, -0.2) is 38.0 Å². The molecule has 1 saturated heterocycles. The summed E-state index contributed by atoms with van der Waals surface area (Å²) in [7, 11) is -3.06. The Hall–Kier alpha value is -2.03. The second-order valence-electron chi connectivity index (χ2n) is 7.40. The van der Waals surface area contributed by atoms with Crippen molar-refractivity contribution in [3.63, 3.8) is 0 Å². The fourth-order valence-corrected chi connectivity index (χ4v) is 5.17. The lowest BCUT2D eigenvalue weighted by molar-refractivity contribution is -0.139. The zero-order valence-electron chi connectivity index (χ0n) is 16.2. The molecule has 1 aliphatic heterocycles. The third-order valence-corrected chi connectivity index (χ3v) is 7.08. The number of hydrogen-bond donors (Lipinski definition) is 1. The van der Waals surface area contributed by atoms with Gasteiger partial charge in [-0.15, -0.1) is 0 Å². The number of alkyl halides is 3. The molecule has 1 unspecified atom stereocenters. The van der Waals surface area contributed by atoms with E-state index in [9.17, 15) is 26.4 Å². The number of halogens is 5. The van der Waals surface area contributed by atoms with Crippen molar-refractivity contribution in [2.75, 3.05) is 11.5 Å². The van der Waals surface area contributed by atoms with Gasteiger partial charge < -0.3 is 5.32 Å². The van der Waals surface area contributed by atoms with Gasteiger partial charge in [0.2, 0.25) is 0 Å². The van der Waals surface area contributed by atoms with Crippen molar-refractivity contribution in [3.8, 4) is 0 Å². The second kappa shape index (κ2) is 8.84. The van der Waals surface area contributed by atoms with Gasteiger partial charge >= 0.3 is 6.18 Å². The van der Waals surface area contributed by atoms with E-state index in [1.807, 2.05) is 0 Å². The number of amides is 1. The molecule has 1 amide bonds. The Morgan fingerprint density at radius 2 is 1.74 bits per heavy atom. The number of aryl methyl sites for hydroxylation is 1. The van der Waals surface area contributed by atoms with Gasteiger partial charge in [-0.25, -0.2) is 8.42 Å². The van der Waals surface area contributed by atoms with Crippen LogP contribution in [0.1, 0.15) is 33.0 Å². The molecule has 1 fully saturated rings. The molecule has 0 bridgehead atoms. The van der Waals surface area contributed by atoms with Crippen molar-refractivity contribution in [2.24, 2.45) is 0 Å². The summed E-state index contributed by atoms with van der Waals surface area (Å²) < 4.78 is 63.2. The maximum atomic E-state index is 13.6. The number of benzene rings is 2. The largest absolute Gasteiger partial charge is 0.399 e. The maximum Gasteiger partial charge on any atom is 0.399 e. The Labute approximate surface area is 188 Å². The lowest BCUT2D eigenvalue weighted by Gasteiger charge is -2.26. The van der Waals surface area contributed by atoms with E-state index in [-0.39, 0.29) is 27.1 Å². The van der Waals surface area contributed by atoms with Crippen LogP contribution in [0.5, 0.6) is 0 Å². The van der Waals surface area contributed by atoms with Gasteiger partial charge in [0, 0.05) is 15.6 Å². The summed E-state index contributed by atoms with van der Waals surface area (Å²) in [6.45, 7) is 1.65. The lowest BCUT2D eigenvalue weighted by atomic mass is 9.96. The van der Waals surface area contributed by atoms with Crippen LogP contribution in [0, 0.1) is 6.92 Å². The third kappa shape index (κ3) is 6.02. The predicted octanol–water partition coefficient (Wildman–Crippen LogP) is 5.19. The third-order valence-electron chi connectivity index (χ3n) is 4.82. The minimum absolute atomic E-state index is 0.0792. The molecule has 166 valence electrons. The molecule has 0 aliphatic carbocycles. The average Bonchev–Trinajstić information content (AvgIpc) is 2.58. The average molecular weight is 492 g/mol. The lowest BCUT2D eigenvalue weighted by Crippen LogP contribution is -2.53. The van der Waals surface area contributed by atoms with E-state index in [1.165, 1.54) is 36.4 Å². The summed E-state index contributed by atoms with van der Waals surface area (Å²) in [5.41, 5.74) is 1.28. The zero-order valence-corrected chi connectivity index (χ0v) is 18.5. The van der Waals surface area contributed by atoms with E-state index >= 15 is 0 Å². The van der Waals surface area contributed by atoms with Crippen molar-refractivity contribution in [1.29, 1.82) is 0 Å². The Bertz CT molecular complexity index is 1110. The van der Waals surface area contributed by atoms with Crippen LogP contribution in [0.15, 0.2) is 42.5 Å². The minimum Gasteiger partial charge on any atom is -0.347 e. The first-order valence-electron chi connectivity index (χ1n) is 9.17. The summed E-state index contributed by atoms with van der Waals surface area (Å²) in [5, 5.41) is 2.85. The first-order chi connectivity index (χ1) is 14.3. The van der Waals surface area contributed by atoms with Crippen molar-refractivity contribution in [1.82, 2.24) is 5.32 Å². The highest BCUT2D eigenvalue weighted by Crippen LogP contribution is 2.38. The molecule has 31 heavy (non-hydrogen) atoms. The first-order valence-corrected chi connectivity index (χ1v) is 11.7. The van der Waals surface area contributed by atoms with Crippen LogP contribution in [0.2, 0.25) is 10.0 Å². The highest BCUT2D eigenvalue weighted by Gasteiger charge is 2.39. The van der Waals surface area contributed by atoms with Gasteiger partial charge in [0.15, 0.2) is 9.84 Å². The van der Waals surface area contributed by atoms with Crippen molar-refractivity contribution >= 4 is 45.0 Å². The van der Waals surface area contributed by atoms with Crippen molar-refractivity contribution < 1.29 is 26.4 Å². The second-order valence-corrected chi connectivity index (χ2v) is 10.4. The highest BCUT2D eigenvalue weighted by atomic mass is 35.5. The van der Waals surface area contributed by atoms with Crippen LogP contribution in [0.25, 0.3) is 6.08 Å². The highest BCUT2D eigenvalue weighted by molar-refractivity contribution is 7.92. The molecule has 1 N–H and O–H groups in total. The molecule has 1 aliphatic rings. The van der Waals surface area contributed by atoms with Gasteiger partial charge in [-0.2, -0.15) is 13.2 Å². The quantitative estimate of drug-likeness (QED) is 0.625. The summed E-state index contributed by atoms with van der Waals surface area (Å²) in [5.74, 6) is -2.52. The van der Waals surface area contributed by atoms with Gasteiger partial charge in [-0.3, -0.25) is 4.79 Å². The van der Waals surface area contributed by atoms with Gasteiger partial charge in [-0.05, 0) is 47.9 Å². The van der Waals surface area contributed by atoms with E-state index in [4.69, 9.17) is 23.2 Å². The smallest absolute Gasteiger partial charge is 0.347 e. The summed E-state index contributed by atoms with van der Waals surface area (Å²) in [6, 6.07) is 7.97. The van der Waals surface area contributed by atoms with E-state index in [1.54, 1.807) is 13.0 Å².